The van der Waals surface area contributed by atoms with Crippen LogP contribution in [0.25, 0.3) is 0 Å². The van der Waals surface area contributed by atoms with E-state index in [4.69, 9.17) is 0 Å². The monoisotopic (exact) mass is 243 g/mol. The van der Waals surface area contributed by atoms with Crippen molar-refractivity contribution in [2.75, 3.05) is 5.32 Å². The number of anilines is 1. The van der Waals surface area contributed by atoms with Crippen molar-refractivity contribution in [2.24, 2.45) is 0 Å². The van der Waals surface area contributed by atoms with Crippen LogP contribution >= 0.6 is 0 Å². The summed E-state index contributed by atoms with van der Waals surface area (Å²) < 4.78 is 1.82. The highest BCUT2D eigenvalue weighted by molar-refractivity contribution is 5.90. The van der Waals surface area contributed by atoms with Gasteiger partial charge in [-0.3, -0.25) is 4.79 Å². The summed E-state index contributed by atoms with van der Waals surface area (Å²) in [6, 6.07) is 6.01. The molecule has 4 heteroatoms. The fraction of sp³-hybridized carbons (Fsp3) is 0.286. The van der Waals surface area contributed by atoms with Crippen LogP contribution in [-0.4, -0.2) is 15.5 Å². The van der Waals surface area contributed by atoms with Crippen molar-refractivity contribution in [2.45, 2.75) is 27.3 Å². The highest BCUT2D eigenvalue weighted by Gasteiger charge is 2.06. The van der Waals surface area contributed by atoms with E-state index in [1.807, 2.05) is 37.5 Å². The zero-order valence-electron chi connectivity index (χ0n) is 10.9. The summed E-state index contributed by atoms with van der Waals surface area (Å²) in [7, 11) is 0. The summed E-state index contributed by atoms with van der Waals surface area (Å²) in [4.78, 5) is 16.0. The molecule has 0 saturated heterocycles. The molecule has 1 aromatic heterocycles. The predicted molar refractivity (Wildman–Crippen MR) is 71.5 cm³/mol. The predicted octanol–water partition coefficient (Wildman–Crippen LogP) is 2.45. The number of imidazole rings is 1. The quantitative estimate of drug-likeness (QED) is 0.900. The van der Waals surface area contributed by atoms with Crippen LogP contribution in [0, 0.1) is 20.8 Å². The zero-order chi connectivity index (χ0) is 13.1. The van der Waals surface area contributed by atoms with Gasteiger partial charge >= 0.3 is 0 Å². The first-order chi connectivity index (χ1) is 8.54. The van der Waals surface area contributed by atoms with E-state index in [9.17, 15) is 4.79 Å². The minimum absolute atomic E-state index is 0.0406. The second-order valence-electron chi connectivity index (χ2n) is 4.53. The van der Waals surface area contributed by atoms with Gasteiger partial charge in [-0.2, -0.15) is 0 Å². The number of nitrogens with zero attached hydrogens (tertiary/aromatic N) is 2. The second-order valence-corrected chi connectivity index (χ2v) is 4.53. The van der Waals surface area contributed by atoms with Crippen LogP contribution < -0.4 is 5.32 Å². The molecule has 0 unspecified atom stereocenters. The summed E-state index contributed by atoms with van der Waals surface area (Å²) in [5.74, 6) is 0.798. The molecule has 18 heavy (non-hydrogen) atoms. The maximum absolute atomic E-state index is 11.9. The van der Waals surface area contributed by atoms with E-state index in [1.165, 1.54) is 0 Å². The van der Waals surface area contributed by atoms with Crippen LogP contribution in [0.3, 0.4) is 0 Å². The van der Waals surface area contributed by atoms with Gasteiger partial charge in [-0.15, -0.1) is 0 Å². The lowest BCUT2D eigenvalue weighted by molar-refractivity contribution is -0.116. The highest BCUT2D eigenvalue weighted by atomic mass is 16.1. The van der Waals surface area contributed by atoms with Gasteiger partial charge in [0.2, 0.25) is 5.91 Å². The maximum Gasteiger partial charge on any atom is 0.244 e. The number of benzene rings is 1. The third kappa shape index (κ3) is 2.97. The van der Waals surface area contributed by atoms with Crippen LogP contribution in [0.2, 0.25) is 0 Å². The molecule has 1 N–H and O–H groups in total. The van der Waals surface area contributed by atoms with Crippen LogP contribution in [0.1, 0.15) is 17.0 Å². The molecule has 0 atom stereocenters. The minimum atomic E-state index is -0.0406. The Bertz CT molecular complexity index is 552. The molecule has 0 spiro atoms. The smallest absolute Gasteiger partial charge is 0.244 e. The number of carbonyl (C=O) groups is 1. The normalized spacial score (nSPS) is 10.4. The Balaban J connectivity index is 2.05. The molecular formula is C14H17N3O. The number of nitrogens with one attached hydrogen (secondary N) is 1. The van der Waals surface area contributed by atoms with E-state index in [1.54, 1.807) is 12.4 Å². The Morgan fingerprint density at radius 3 is 2.44 bits per heavy atom. The lowest BCUT2D eigenvalue weighted by atomic mass is 10.1. The van der Waals surface area contributed by atoms with Crippen molar-refractivity contribution in [1.82, 2.24) is 9.55 Å². The minimum Gasteiger partial charge on any atom is -0.326 e. The molecule has 0 aliphatic carbocycles. The molecule has 1 heterocycles. The first-order valence-electron chi connectivity index (χ1n) is 5.90. The van der Waals surface area contributed by atoms with Gasteiger partial charge in [-0.1, -0.05) is 6.07 Å². The Hall–Kier alpha value is -2.10. The van der Waals surface area contributed by atoms with Crippen molar-refractivity contribution in [3.8, 4) is 0 Å². The topological polar surface area (TPSA) is 46.9 Å². The Kier molecular flexibility index (Phi) is 3.46. The first kappa shape index (κ1) is 12.4. The molecule has 2 rings (SSSR count). The third-order valence-electron chi connectivity index (χ3n) is 2.74. The Morgan fingerprint density at radius 2 is 1.89 bits per heavy atom. The molecule has 0 radical (unpaired) electrons. The van der Waals surface area contributed by atoms with E-state index in [0.29, 0.717) is 6.54 Å². The van der Waals surface area contributed by atoms with Crippen molar-refractivity contribution in [1.29, 1.82) is 0 Å². The fourth-order valence-corrected chi connectivity index (χ4v) is 1.97. The van der Waals surface area contributed by atoms with Gasteiger partial charge in [0, 0.05) is 18.1 Å². The van der Waals surface area contributed by atoms with Gasteiger partial charge in [0.1, 0.15) is 12.4 Å². The molecule has 4 nitrogen and oxygen atoms in total. The largest absolute Gasteiger partial charge is 0.326 e. The molecule has 94 valence electrons. The van der Waals surface area contributed by atoms with E-state index in [2.05, 4.69) is 16.4 Å². The molecule has 0 fully saturated rings. The fourth-order valence-electron chi connectivity index (χ4n) is 1.97. The van der Waals surface area contributed by atoms with Gasteiger partial charge in [0.15, 0.2) is 0 Å². The van der Waals surface area contributed by atoms with Crippen LogP contribution in [-0.2, 0) is 11.3 Å². The van der Waals surface area contributed by atoms with Gasteiger partial charge in [-0.05, 0) is 44.0 Å². The number of amides is 1. The standard InChI is InChI=1S/C14H17N3O/c1-10-6-11(2)8-13(7-10)16-14(18)9-17-5-4-15-12(17)3/h4-8H,9H2,1-3H3,(H,16,18). The summed E-state index contributed by atoms with van der Waals surface area (Å²) in [5, 5.41) is 2.90. The molecule has 0 aliphatic rings. The molecule has 0 bridgehead atoms. The maximum atomic E-state index is 11.9. The number of rotatable bonds is 3. The highest BCUT2D eigenvalue weighted by Crippen LogP contribution is 2.13. The lowest BCUT2D eigenvalue weighted by Gasteiger charge is -2.08. The second kappa shape index (κ2) is 5.04. The molecule has 2 aromatic rings. The Morgan fingerprint density at radius 1 is 1.22 bits per heavy atom. The van der Waals surface area contributed by atoms with E-state index >= 15 is 0 Å². The zero-order valence-corrected chi connectivity index (χ0v) is 10.9. The van der Waals surface area contributed by atoms with Crippen molar-refractivity contribution < 1.29 is 4.79 Å². The summed E-state index contributed by atoms with van der Waals surface area (Å²) >= 11 is 0. The van der Waals surface area contributed by atoms with Crippen LogP contribution in [0.4, 0.5) is 5.69 Å². The number of hydrogen-bond donors (Lipinski definition) is 1. The van der Waals surface area contributed by atoms with E-state index in [0.717, 1.165) is 22.6 Å². The van der Waals surface area contributed by atoms with E-state index in [-0.39, 0.29) is 5.91 Å². The number of aromatic nitrogens is 2. The molecule has 0 aliphatic heterocycles. The van der Waals surface area contributed by atoms with Gasteiger partial charge < -0.3 is 9.88 Å². The molecule has 1 amide bonds. The van der Waals surface area contributed by atoms with E-state index < -0.39 is 0 Å². The third-order valence-corrected chi connectivity index (χ3v) is 2.74. The summed E-state index contributed by atoms with van der Waals surface area (Å²) in [6.07, 6.45) is 3.50. The number of aryl methyl sites for hydroxylation is 3. The SMILES string of the molecule is Cc1cc(C)cc(NC(=O)Cn2ccnc2C)c1. The van der Waals surface area contributed by atoms with Crippen LogP contribution in [0.15, 0.2) is 30.6 Å². The molecular weight excluding hydrogens is 226 g/mol. The van der Waals surface area contributed by atoms with Crippen LogP contribution in [0.5, 0.6) is 0 Å². The summed E-state index contributed by atoms with van der Waals surface area (Å²) in [5.41, 5.74) is 3.13. The molecule has 0 saturated carbocycles. The average molecular weight is 243 g/mol. The summed E-state index contributed by atoms with van der Waals surface area (Å²) in [6.45, 7) is 6.20. The van der Waals surface area contributed by atoms with Crippen molar-refractivity contribution >= 4 is 11.6 Å². The average Bonchev–Trinajstić information content (AvgIpc) is 2.62. The van der Waals surface area contributed by atoms with Crippen molar-refractivity contribution in [3.05, 3.63) is 47.5 Å². The van der Waals surface area contributed by atoms with Gasteiger partial charge in [0.05, 0.1) is 0 Å². The number of hydrogen-bond acceptors (Lipinski definition) is 2. The van der Waals surface area contributed by atoms with Crippen molar-refractivity contribution in [3.63, 3.8) is 0 Å². The van der Waals surface area contributed by atoms with Gasteiger partial charge in [0.25, 0.3) is 0 Å². The Labute approximate surface area is 107 Å². The first-order valence-corrected chi connectivity index (χ1v) is 5.90. The van der Waals surface area contributed by atoms with Gasteiger partial charge in [-0.25, -0.2) is 4.98 Å². The molecule has 1 aromatic carbocycles. The number of carbonyl (C=O) groups excluding carboxylic acids is 1. The lowest BCUT2D eigenvalue weighted by Crippen LogP contribution is -2.19.